The highest BCUT2D eigenvalue weighted by atomic mass is 19.4. The Bertz CT molecular complexity index is 788. The van der Waals surface area contributed by atoms with E-state index < -0.39 is 18.0 Å². The van der Waals surface area contributed by atoms with E-state index in [0.29, 0.717) is 11.9 Å². The number of halogens is 3. The lowest BCUT2D eigenvalue weighted by atomic mass is 10.00. The number of benzene rings is 1. The number of anilines is 2. The van der Waals surface area contributed by atoms with Crippen LogP contribution in [0.25, 0.3) is 0 Å². The molecule has 1 fully saturated rings. The molecule has 1 N–H and O–H groups in total. The van der Waals surface area contributed by atoms with Gasteiger partial charge in [-0.2, -0.15) is 0 Å². The third kappa shape index (κ3) is 5.08. The number of aromatic nitrogens is 2. The summed E-state index contributed by atoms with van der Waals surface area (Å²) in [6, 6.07) is 5.14. The van der Waals surface area contributed by atoms with Crippen LogP contribution in [-0.2, 0) is 0 Å². The number of nitrogens with zero attached hydrogens (tertiary/aromatic N) is 3. The summed E-state index contributed by atoms with van der Waals surface area (Å²) in [5.74, 6) is -0.0556. The lowest BCUT2D eigenvalue weighted by molar-refractivity contribution is -0.274. The van der Waals surface area contributed by atoms with Crippen molar-refractivity contribution in [1.29, 1.82) is 0 Å². The Kier molecular flexibility index (Phi) is 5.48. The Labute approximate surface area is 154 Å². The van der Waals surface area contributed by atoms with Gasteiger partial charge in [-0.25, -0.2) is 9.97 Å². The van der Waals surface area contributed by atoms with Gasteiger partial charge >= 0.3 is 6.36 Å². The maximum Gasteiger partial charge on any atom is 0.573 e. The lowest BCUT2D eigenvalue weighted by Crippen LogP contribution is -2.34. The van der Waals surface area contributed by atoms with Crippen LogP contribution in [0.5, 0.6) is 5.75 Å². The molecule has 0 aliphatic carbocycles. The second kappa shape index (κ2) is 7.81. The Morgan fingerprint density at radius 2 is 1.81 bits per heavy atom. The molecule has 9 heteroatoms. The summed E-state index contributed by atoms with van der Waals surface area (Å²) in [4.78, 5) is 22.9. The minimum atomic E-state index is -4.88. The number of carbonyl (C=O) groups is 1. The zero-order chi connectivity index (χ0) is 19.4. The van der Waals surface area contributed by atoms with Crippen molar-refractivity contribution in [2.45, 2.75) is 26.1 Å². The predicted octanol–water partition coefficient (Wildman–Crippen LogP) is 3.86. The molecule has 2 heterocycles. The van der Waals surface area contributed by atoms with Crippen LogP contribution in [0.1, 0.15) is 30.1 Å². The van der Waals surface area contributed by atoms with Crippen LogP contribution < -0.4 is 15.0 Å². The molecule has 1 aliphatic heterocycles. The molecular formula is C18H19F3N4O2. The third-order valence-electron chi connectivity index (χ3n) is 4.32. The van der Waals surface area contributed by atoms with E-state index in [9.17, 15) is 18.0 Å². The Morgan fingerprint density at radius 3 is 2.44 bits per heavy atom. The van der Waals surface area contributed by atoms with Crippen molar-refractivity contribution in [2.24, 2.45) is 5.92 Å². The molecule has 2 aromatic rings. The highest BCUT2D eigenvalue weighted by Crippen LogP contribution is 2.27. The molecule has 0 unspecified atom stereocenters. The number of para-hydroxylation sites is 1. The molecule has 0 saturated carbocycles. The largest absolute Gasteiger partial charge is 0.573 e. The van der Waals surface area contributed by atoms with Crippen molar-refractivity contribution in [3.05, 3.63) is 42.2 Å². The molecule has 0 atom stereocenters. The summed E-state index contributed by atoms with van der Waals surface area (Å²) >= 11 is 0. The van der Waals surface area contributed by atoms with Crippen LogP contribution in [-0.4, -0.2) is 35.3 Å². The first-order chi connectivity index (χ1) is 12.8. The Balaban J connectivity index is 1.68. The molecule has 1 aromatic carbocycles. The van der Waals surface area contributed by atoms with Crippen molar-refractivity contribution in [3.8, 4) is 5.75 Å². The lowest BCUT2D eigenvalue weighted by Gasteiger charge is -2.30. The number of nitrogens with one attached hydrogen (secondary N) is 1. The zero-order valence-electron chi connectivity index (χ0n) is 14.7. The minimum absolute atomic E-state index is 0.232. The molecule has 6 nitrogen and oxygen atoms in total. The van der Waals surface area contributed by atoms with Crippen LogP contribution in [0.3, 0.4) is 0 Å². The fourth-order valence-corrected chi connectivity index (χ4v) is 2.82. The molecule has 1 aliphatic rings. The van der Waals surface area contributed by atoms with Gasteiger partial charge in [-0.15, -0.1) is 13.2 Å². The van der Waals surface area contributed by atoms with E-state index in [4.69, 9.17) is 0 Å². The summed E-state index contributed by atoms with van der Waals surface area (Å²) in [5, 5.41) is 2.49. The van der Waals surface area contributed by atoms with Gasteiger partial charge in [-0.1, -0.05) is 19.1 Å². The number of carbonyl (C=O) groups excluding carboxylic acids is 1. The number of ether oxygens (including phenoxy) is 1. The number of hydrogen-bond acceptors (Lipinski definition) is 5. The highest BCUT2D eigenvalue weighted by Gasteiger charge is 2.32. The molecular weight excluding hydrogens is 361 g/mol. The molecule has 3 rings (SSSR count). The quantitative estimate of drug-likeness (QED) is 0.872. The van der Waals surface area contributed by atoms with Gasteiger partial charge in [0.15, 0.2) is 0 Å². The first kappa shape index (κ1) is 18.9. The number of alkyl halides is 3. The van der Waals surface area contributed by atoms with E-state index in [1.807, 2.05) is 0 Å². The predicted molar refractivity (Wildman–Crippen MR) is 93.7 cm³/mol. The van der Waals surface area contributed by atoms with Gasteiger partial charge in [-0.05, 0) is 30.9 Å². The summed E-state index contributed by atoms with van der Waals surface area (Å²) in [5.41, 5.74) is 0.0554. The normalized spacial score (nSPS) is 15.5. The third-order valence-corrected chi connectivity index (χ3v) is 4.32. The number of amides is 1. The fourth-order valence-electron chi connectivity index (χ4n) is 2.82. The number of rotatable bonds is 4. The Hall–Kier alpha value is -2.84. The monoisotopic (exact) mass is 380 g/mol. The molecule has 1 aromatic heterocycles. The van der Waals surface area contributed by atoms with E-state index in [2.05, 4.69) is 31.8 Å². The second-order valence-electron chi connectivity index (χ2n) is 6.44. The molecule has 0 bridgehead atoms. The summed E-state index contributed by atoms with van der Waals surface area (Å²) < 4.78 is 41.3. The van der Waals surface area contributed by atoms with E-state index >= 15 is 0 Å². The van der Waals surface area contributed by atoms with Crippen molar-refractivity contribution < 1.29 is 22.7 Å². The maximum absolute atomic E-state index is 12.5. The summed E-state index contributed by atoms with van der Waals surface area (Å²) in [6.45, 7) is 3.95. The SMILES string of the molecule is CC1CCN(c2ncc(NC(=O)c3ccccc3OC(F)(F)F)cn2)CC1. The smallest absolute Gasteiger partial charge is 0.405 e. The number of piperidine rings is 1. The van der Waals surface area contributed by atoms with E-state index in [1.54, 1.807) is 0 Å². The van der Waals surface area contributed by atoms with E-state index in [-0.39, 0.29) is 11.3 Å². The molecule has 0 radical (unpaired) electrons. The van der Waals surface area contributed by atoms with Gasteiger partial charge in [0, 0.05) is 13.1 Å². The van der Waals surface area contributed by atoms with Gasteiger partial charge < -0.3 is 15.0 Å². The van der Waals surface area contributed by atoms with Gasteiger partial charge in [0.1, 0.15) is 5.75 Å². The van der Waals surface area contributed by atoms with Gasteiger partial charge in [-0.3, -0.25) is 4.79 Å². The van der Waals surface area contributed by atoms with Gasteiger partial charge in [0.2, 0.25) is 5.95 Å². The first-order valence-electron chi connectivity index (χ1n) is 8.55. The molecule has 27 heavy (non-hydrogen) atoms. The maximum atomic E-state index is 12.5. The topological polar surface area (TPSA) is 67.4 Å². The van der Waals surface area contributed by atoms with Crippen LogP contribution >= 0.6 is 0 Å². The van der Waals surface area contributed by atoms with Crippen LogP contribution in [0.15, 0.2) is 36.7 Å². The average molecular weight is 380 g/mol. The standard InChI is InChI=1S/C18H19F3N4O2/c1-12-6-8-25(9-7-12)17-22-10-13(11-23-17)24-16(26)14-4-2-3-5-15(14)27-18(19,20)21/h2-5,10-12H,6-9H2,1H3,(H,24,26). The summed E-state index contributed by atoms with van der Waals surface area (Å²) in [6.07, 6.45) is 0.125. The van der Waals surface area contributed by atoms with Crippen LogP contribution in [0, 0.1) is 5.92 Å². The minimum Gasteiger partial charge on any atom is -0.405 e. The second-order valence-corrected chi connectivity index (χ2v) is 6.44. The van der Waals surface area contributed by atoms with Gasteiger partial charge in [0.25, 0.3) is 5.91 Å². The average Bonchev–Trinajstić information content (AvgIpc) is 2.62. The highest BCUT2D eigenvalue weighted by molar-refractivity contribution is 6.06. The van der Waals surface area contributed by atoms with Crippen LogP contribution in [0.4, 0.5) is 24.8 Å². The fraction of sp³-hybridized carbons (Fsp3) is 0.389. The van der Waals surface area contributed by atoms with Crippen LogP contribution in [0.2, 0.25) is 0 Å². The van der Waals surface area contributed by atoms with Crippen molar-refractivity contribution in [2.75, 3.05) is 23.3 Å². The van der Waals surface area contributed by atoms with Crippen molar-refractivity contribution in [1.82, 2.24) is 9.97 Å². The first-order valence-corrected chi connectivity index (χ1v) is 8.55. The Morgan fingerprint density at radius 1 is 1.19 bits per heavy atom. The van der Waals surface area contributed by atoms with Crippen molar-refractivity contribution >= 4 is 17.5 Å². The molecule has 1 amide bonds. The van der Waals surface area contributed by atoms with Gasteiger partial charge in [0.05, 0.1) is 23.6 Å². The molecule has 0 spiro atoms. The van der Waals surface area contributed by atoms with Crippen molar-refractivity contribution in [3.63, 3.8) is 0 Å². The van der Waals surface area contributed by atoms with E-state index in [0.717, 1.165) is 32.0 Å². The zero-order valence-corrected chi connectivity index (χ0v) is 14.7. The molecule has 1 saturated heterocycles. The number of hydrogen-bond donors (Lipinski definition) is 1. The molecule has 144 valence electrons. The summed E-state index contributed by atoms with van der Waals surface area (Å²) in [7, 11) is 0. The van der Waals surface area contributed by atoms with E-state index in [1.165, 1.54) is 30.6 Å².